The van der Waals surface area contributed by atoms with Gasteiger partial charge in [-0.1, -0.05) is 61.9 Å². The van der Waals surface area contributed by atoms with Crippen molar-refractivity contribution in [3.63, 3.8) is 0 Å². The molecule has 31 heavy (non-hydrogen) atoms. The van der Waals surface area contributed by atoms with Gasteiger partial charge in [-0.15, -0.1) is 0 Å². The molecule has 4 nitrogen and oxygen atoms in total. The fourth-order valence-corrected chi connectivity index (χ4v) is 3.98. The van der Waals surface area contributed by atoms with E-state index in [0.717, 1.165) is 41.9 Å². The van der Waals surface area contributed by atoms with Gasteiger partial charge in [0, 0.05) is 19.0 Å². The van der Waals surface area contributed by atoms with Crippen molar-refractivity contribution in [1.82, 2.24) is 5.01 Å². The van der Waals surface area contributed by atoms with Gasteiger partial charge < -0.3 is 0 Å². The summed E-state index contributed by atoms with van der Waals surface area (Å²) in [6.45, 7) is 2.15. The maximum Gasteiger partial charge on any atom is 0.149 e. The van der Waals surface area contributed by atoms with Gasteiger partial charge in [0.1, 0.15) is 17.8 Å². The first-order valence-electron chi connectivity index (χ1n) is 10.6. The van der Waals surface area contributed by atoms with Crippen molar-refractivity contribution < 1.29 is 4.39 Å². The van der Waals surface area contributed by atoms with Crippen molar-refractivity contribution in [2.75, 3.05) is 12.1 Å². The van der Waals surface area contributed by atoms with Crippen LogP contribution in [-0.4, -0.2) is 17.9 Å². The predicted octanol–water partition coefficient (Wildman–Crippen LogP) is 6.32. The van der Waals surface area contributed by atoms with Gasteiger partial charge in [-0.3, -0.25) is 5.01 Å². The summed E-state index contributed by atoms with van der Waals surface area (Å²) in [5.41, 5.74) is 4.09. The van der Waals surface area contributed by atoms with Crippen LogP contribution >= 0.6 is 0 Å². The number of amidine groups is 1. The van der Waals surface area contributed by atoms with Crippen molar-refractivity contribution in [1.29, 1.82) is 5.26 Å². The van der Waals surface area contributed by atoms with Crippen LogP contribution in [0.4, 0.5) is 10.1 Å². The fourth-order valence-electron chi connectivity index (χ4n) is 3.98. The molecule has 156 valence electrons. The van der Waals surface area contributed by atoms with Crippen LogP contribution in [0, 0.1) is 17.1 Å². The molecule has 0 radical (unpaired) electrons. The second-order valence-electron chi connectivity index (χ2n) is 7.63. The van der Waals surface area contributed by atoms with Crippen LogP contribution in [0.2, 0.25) is 0 Å². The smallest absolute Gasteiger partial charge is 0.149 e. The van der Waals surface area contributed by atoms with Gasteiger partial charge >= 0.3 is 0 Å². The topological polar surface area (TPSA) is 42.6 Å². The molecule has 0 aromatic heterocycles. The third kappa shape index (κ3) is 4.08. The van der Waals surface area contributed by atoms with Crippen molar-refractivity contribution in [3.8, 4) is 17.2 Å². The molecule has 0 spiro atoms. The Balaban J connectivity index is 1.68. The molecule has 0 N–H and O–H groups in total. The van der Waals surface area contributed by atoms with E-state index in [-0.39, 0.29) is 5.82 Å². The second-order valence-corrected chi connectivity index (χ2v) is 7.63. The normalized spacial score (nSPS) is 16.3. The summed E-state index contributed by atoms with van der Waals surface area (Å²) in [7, 11) is 1.94. The van der Waals surface area contributed by atoms with Crippen LogP contribution < -0.4 is 5.01 Å². The molecule has 0 fully saturated rings. The van der Waals surface area contributed by atoms with Crippen molar-refractivity contribution in [2.24, 2.45) is 4.99 Å². The number of nitrogens with zero attached hydrogens (tertiary/aromatic N) is 4. The summed E-state index contributed by atoms with van der Waals surface area (Å²) < 4.78 is 14.5. The molecule has 3 aromatic rings. The van der Waals surface area contributed by atoms with Crippen LogP contribution in [-0.2, 0) is 0 Å². The zero-order valence-corrected chi connectivity index (χ0v) is 17.8. The van der Waals surface area contributed by atoms with Gasteiger partial charge in [0.25, 0.3) is 0 Å². The van der Waals surface area contributed by atoms with E-state index in [2.05, 4.69) is 18.0 Å². The number of halogens is 1. The highest BCUT2D eigenvalue weighted by atomic mass is 19.1. The molecule has 0 saturated carbocycles. The number of unbranched alkanes of at least 4 members (excludes halogenated alkanes) is 1. The average Bonchev–Trinajstić information content (AvgIpc) is 3.13. The summed E-state index contributed by atoms with van der Waals surface area (Å²) >= 11 is 0. The van der Waals surface area contributed by atoms with Crippen molar-refractivity contribution >= 4 is 11.5 Å². The van der Waals surface area contributed by atoms with Gasteiger partial charge in [0.2, 0.25) is 0 Å². The Labute approximate surface area is 182 Å². The SMILES string of the molecule is CCCCC1=NC(c2ccccc2F)N(C)N1c1ccc(-c2ccccc2C#N)cc1. The quantitative estimate of drug-likeness (QED) is 0.476. The Kier molecular flexibility index (Phi) is 6.11. The highest BCUT2D eigenvalue weighted by molar-refractivity contribution is 5.98. The molecule has 0 saturated heterocycles. The average molecular weight is 413 g/mol. The first kappa shape index (κ1) is 20.8. The Morgan fingerprint density at radius 1 is 1.00 bits per heavy atom. The number of anilines is 1. The number of benzene rings is 3. The summed E-state index contributed by atoms with van der Waals surface area (Å²) in [4.78, 5) is 4.89. The maximum atomic E-state index is 14.5. The summed E-state index contributed by atoms with van der Waals surface area (Å²) in [6.07, 6.45) is 2.50. The molecular weight excluding hydrogens is 387 g/mol. The third-order valence-corrected chi connectivity index (χ3v) is 5.59. The lowest BCUT2D eigenvalue weighted by Crippen LogP contribution is -2.40. The number of rotatable bonds is 6. The molecule has 1 aliphatic rings. The molecular formula is C26H25FN4. The van der Waals surface area contributed by atoms with Gasteiger partial charge in [0.05, 0.1) is 17.3 Å². The zero-order chi connectivity index (χ0) is 21.8. The van der Waals surface area contributed by atoms with E-state index >= 15 is 0 Å². The lowest BCUT2D eigenvalue weighted by atomic mass is 10.0. The lowest BCUT2D eigenvalue weighted by Gasteiger charge is -2.31. The number of hydrogen-bond acceptors (Lipinski definition) is 4. The van der Waals surface area contributed by atoms with E-state index < -0.39 is 6.17 Å². The van der Waals surface area contributed by atoms with Crippen LogP contribution in [0.15, 0.2) is 77.8 Å². The standard InChI is InChI=1S/C26H25FN4/c1-3-4-13-25-29-26(23-11-7-8-12-24(23)27)30(2)31(25)21-16-14-19(15-17-21)22-10-6-5-9-20(22)18-28/h5-12,14-17,26H,3-4,13H2,1-2H3. The number of hydrogen-bond donors (Lipinski definition) is 0. The molecule has 0 bridgehead atoms. The van der Waals surface area contributed by atoms with E-state index in [1.54, 1.807) is 12.1 Å². The van der Waals surface area contributed by atoms with E-state index in [1.165, 1.54) is 6.07 Å². The van der Waals surface area contributed by atoms with Crippen LogP contribution in [0.3, 0.4) is 0 Å². The monoisotopic (exact) mass is 412 g/mol. The van der Waals surface area contributed by atoms with E-state index in [4.69, 9.17) is 4.99 Å². The Bertz CT molecular complexity index is 1130. The Morgan fingerprint density at radius 3 is 2.42 bits per heavy atom. The molecule has 0 aliphatic carbocycles. The van der Waals surface area contributed by atoms with E-state index in [1.807, 2.05) is 66.7 Å². The molecule has 5 heteroatoms. The van der Waals surface area contributed by atoms with Crippen molar-refractivity contribution in [3.05, 3.63) is 89.7 Å². The molecule has 1 aliphatic heterocycles. The fraction of sp³-hybridized carbons (Fsp3) is 0.231. The molecule has 3 aromatic carbocycles. The van der Waals surface area contributed by atoms with Crippen LogP contribution in [0.25, 0.3) is 11.1 Å². The number of nitriles is 1. The molecule has 1 unspecified atom stereocenters. The van der Waals surface area contributed by atoms with Crippen LogP contribution in [0.1, 0.15) is 43.5 Å². The summed E-state index contributed by atoms with van der Waals surface area (Å²) in [5, 5.41) is 13.5. The lowest BCUT2D eigenvalue weighted by molar-refractivity contribution is 0.282. The third-order valence-electron chi connectivity index (χ3n) is 5.59. The van der Waals surface area contributed by atoms with Gasteiger partial charge in [0.15, 0.2) is 0 Å². The van der Waals surface area contributed by atoms with E-state index in [9.17, 15) is 9.65 Å². The molecule has 0 amide bonds. The largest absolute Gasteiger partial charge is 0.259 e. The zero-order valence-electron chi connectivity index (χ0n) is 17.8. The molecule has 4 rings (SSSR count). The Hall–Kier alpha value is -3.49. The van der Waals surface area contributed by atoms with Gasteiger partial charge in [-0.2, -0.15) is 10.3 Å². The highest BCUT2D eigenvalue weighted by Gasteiger charge is 2.33. The van der Waals surface area contributed by atoms with Gasteiger partial charge in [-0.05, 0) is 41.8 Å². The number of aliphatic imine (C=N–C) groups is 1. The van der Waals surface area contributed by atoms with Crippen LogP contribution in [0.5, 0.6) is 0 Å². The minimum absolute atomic E-state index is 0.247. The summed E-state index contributed by atoms with van der Waals surface area (Å²) in [5.74, 6) is 0.686. The van der Waals surface area contributed by atoms with E-state index in [0.29, 0.717) is 11.1 Å². The van der Waals surface area contributed by atoms with Crippen molar-refractivity contribution in [2.45, 2.75) is 32.4 Å². The minimum Gasteiger partial charge on any atom is -0.259 e. The molecule has 1 heterocycles. The number of hydrazine groups is 1. The van der Waals surface area contributed by atoms with Gasteiger partial charge in [-0.25, -0.2) is 9.38 Å². The second kappa shape index (κ2) is 9.11. The molecule has 1 atom stereocenters. The first-order valence-corrected chi connectivity index (χ1v) is 10.6. The highest BCUT2D eigenvalue weighted by Crippen LogP contribution is 2.35. The Morgan fingerprint density at radius 2 is 1.71 bits per heavy atom. The maximum absolute atomic E-state index is 14.5. The summed E-state index contributed by atoms with van der Waals surface area (Å²) in [6, 6.07) is 24.8. The predicted molar refractivity (Wildman–Crippen MR) is 123 cm³/mol. The first-order chi connectivity index (χ1) is 15.1. The minimum atomic E-state index is -0.396.